The lowest BCUT2D eigenvalue weighted by atomic mass is 9.89. The van der Waals surface area contributed by atoms with Crippen molar-refractivity contribution in [2.75, 3.05) is 33.1 Å². The van der Waals surface area contributed by atoms with Crippen LogP contribution in [0.1, 0.15) is 37.6 Å². The van der Waals surface area contributed by atoms with Gasteiger partial charge in [-0.25, -0.2) is 0 Å². The van der Waals surface area contributed by atoms with Crippen LogP contribution in [-0.2, 0) is 4.79 Å². The minimum atomic E-state index is -0.118. The van der Waals surface area contributed by atoms with Crippen molar-refractivity contribution in [1.29, 1.82) is 0 Å². The van der Waals surface area contributed by atoms with Gasteiger partial charge in [-0.15, -0.1) is 11.8 Å². The van der Waals surface area contributed by atoms with Crippen LogP contribution in [0.4, 0.5) is 0 Å². The zero-order valence-corrected chi connectivity index (χ0v) is 15.7. The Labute approximate surface area is 148 Å². The fraction of sp³-hybridized carbons (Fsp3) is 0.611. The van der Waals surface area contributed by atoms with Crippen molar-refractivity contribution in [3.05, 3.63) is 23.8 Å². The van der Waals surface area contributed by atoms with Crippen molar-refractivity contribution in [3.8, 4) is 11.5 Å². The lowest BCUT2D eigenvalue weighted by Crippen LogP contribution is -2.30. The number of nitrogens with zero attached hydrogens (tertiary/aromatic N) is 1. The predicted molar refractivity (Wildman–Crippen MR) is 96.6 cm³/mol. The summed E-state index contributed by atoms with van der Waals surface area (Å²) in [4.78, 5) is 14.3. The first-order valence-corrected chi connectivity index (χ1v) is 9.21. The van der Waals surface area contributed by atoms with Gasteiger partial charge in [0.2, 0.25) is 5.91 Å². The first kappa shape index (κ1) is 18.9. The van der Waals surface area contributed by atoms with Crippen LogP contribution >= 0.6 is 11.8 Å². The third kappa shape index (κ3) is 4.16. The van der Waals surface area contributed by atoms with Crippen LogP contribution in [0.3, 0.4) is 0 Å². The second-order valence-corrected chi connectivity index (χ2v) is 7.82. The second kappa shape index (κ2) is 8.12. The number of ether oxygens (including phenoxy) is 2. The normalized spacial score (nSPS) is 18.1. The van der Waals surface area contributed by atoms with Gasteiger partial charge in [0.25, 0.3) is 0 Å². The van der Waals surface area contributed by atoms with Gasteiger partial charge in [-0.1, -0.05) is 19.9 Å². The van der Waals surface area contributed by atoms with Gasteiger partial charge in [-0.2, -0.15) is 0 Å². The number of thioether (sulfide) groups is 1. The van der Waals surface area contributed by atoms with Crippen LogP contribution in [-0.4, -0.2) is 49.0 Å². The average molecular weight is 353 g/mol. The molecule has 1 aromatic rings. The number of rotatable bonds is 8. The lowest BCUT2D eigenvalue weighted by Gasteiger charge is -2.28. The summed E-state index contributed by atoms with van der Waals surface area (Å²) in [6.07, 6.45) is 1.72. The van der Waals surface area contributed by atoms with E-state index in [1.807, 2.05) is 36.9 Å². The molecule has 0 aliphatic carbocycles. The first-order valence-electron chi connectivity index (χ1n) is 8.16. The third-order valence-electron chi connectivity index (χ3n) is 4.36. The highest BCUT2D eigenvalue weighted by molar-refractivity contribution is 8.00. The minimum Gasteiger partial charge on any atom is -0.496 e. The van der Waals surface area contributed by atoms with E-state index in [1.165, 1.54) is 0 Å². The molecular formula is C18H27NO4S. The quantitative estimate of drug-likeness (QED) is 0.778. The molecule has 0 saturated carbocycles. The molecule has 1 N–H and O–H groups in total. The van der Waals surface area contributed by atoms with Gasteiger partial charge in [-0.05, 0) is 30.4 Å². The molecule has 1 aliphatic rings. The van der Waals surface area contributed by atoms with Crippen LogP contribution in [0, 0.1) is 5.41 Å². The monoisotopic (exact) mass is 353 g/mol. The molecule has 1 saturated heterocycles. The van der Waals surface area contributed by atoms with E-state index in [-0.39, 0.29) is 23.3 Å². The molecule has 1 atom stereocenters. The van der Waals surface area contributed by atoms with Gasteiger partial charge >= 0.3 is 0 Å². The van der Waals surface area contributed by atoms with Crippen LogP contribution in [0.5, 0.6) is 11.5 Å². The molecule has 1 aromatic carbocycles. The Hall–Kier alpha value is -1.40. The fourth-order valence-electron chi connectivity index (χ4n) is 2.87. The molecule has 1 heterocycles. The zero-order valence-electron chi connectivity index (χ0n) is 14.9. The molecule has 0 radical (unpaired) electrons. The highest BCUT2D eigenvalue weighted by Gasteiger charge is 2.36. The van der Waals surface area contributed by atoms with E-state index in [0.29, 0.717) is 12.3 Å². The van der Waals surface area contributed by atoms with Gasteiger partial charge in [0.05, 0.1) is 25.5 Å². The Morgan fingerprint density at radius 3 is 2.46 bits per heavy atom. The van der Waals surface area contributed by atoms with E-state index in [9.17, 15) is 9.90 Å². The number of carbonyl (C=O) groups excluding carboxylic acids is 1. The molecular weight excluding hydrogens is 326 g/mol. The van der Waals surface area contributed by atoms with E-state index in [0.717, 1.165) is 29.9 Å². The maximum atomic E-state index is 12.4. The molecule has 0 spiro atoms. The smallest absolute Gasteiger partial charge is 0.233 e. The second-order valence-electron chi connectivity index (χ2n) is 6.75. The number of hydrogen-bond donors (Lipinski definition) is 1. The summed E-state index contributed by atoms with van der Waals surface area (Å²) < 4.78 is 11.0. The van der Waals surface area contributed by atoms with Crippen molar-refractivity contribution in [2.24, 2.45) is 5.41 Å². The summed E-state index contributed by atoms with van der Waals surface area (Å²) in [5.41, 5.74) is 0.799. The molecule has 134 valence electrons. The van der Waals surface area contributed by atoms with Gasteiger partial charge in [0.15, 0.2) is 0 Å². The Balaban J connectivity index is 2.19. The molecule has 1 amide bonds. The summed E-state index contributed by atoms with van der Waals surface area (Å²) in [6.45, 7) is 4.89. The van der Waals surface area contributed by atoms with Gasteiger partial charge in [0, 0.05) is 13.2 Å². The van der Waals surface area contributed by atoms with Crippen molar-refractivity contribution < 1.29 is 19.4 Å². The molecule has 0 aromatic heterocycles. The minimum absolute atomic E-state index is 0.0964. The summed E-state index contributed by atoms with van der Waals surface area (Å²) >= 11 is 1.60. The summed E-state index contributed by atoms with van der Waals surface area (Å²) in [5.74, 6) is 2.08. The zero-order chi connectivity index (χ0) is 17.7. The van der Waals surface area contributed by atoms with E-state index in [2.05, 4.69) is 0 Å². The molecule has 1 aliphatic heterocycles. The van der Waals surface area contributed by atoms with Crippen LogP contribution in [0.25, 0.3) is 0 Å². The molecule has 1 unspecified atom stereocenters. The van der Waals surface area contributed by atoms with Gasteiger partial charge < -0.3 is 19.5 Å². The lowest BCUT2D eigenvalue weighted by molar-refractivity contribution is -0.128. The number of hydrogen-bond acceptors (Lipinski definition) is 5. The van der Waals surface area contributed by atoms with E-state index in [1.54, 1.807) is 26.0 Å². The molecule has 5 nitrogen and oxygen atoms in total. The predicted octanol–water partition coefficient (Wildman–Crippen LogP) is 3.08. The summed E-state index contributed by atoms with van der Waals surface area (Å²) in [6, 6.07) is 5.68. The van der Waals surface area contributed by atoms with E-state index >= 15 is 0 Å². The number of aliphatic hydroxyl groups is 1. The van der Waals surface area contributed by atoms with Crippen molar-refractivity contribution >= 4 is 17.7 Å². The number of carbonyl (C=O) groups is 1. The summed E-state index contributed by atoms with van der Waals surface area (Å²) in [7, 11) is 3.27. The fourth-order valence-corrected chi connectivity index (χ4v) is 4.13. The SMILES string of the molecule is COc1cccc(OC)c1C1SCC(=O)N1CCCC(C)(C)CO. The largest absolute Gasteiger partial charge is 0.496 e. The highest BCUT2D eigenvalue weighted by atomic mass is 32.2. The van der Waals surface area contributed by atoms with E-state index in [4.69, 9.17) is 9.47 Å². The first-order chi connectivity index (χ1) is 11.4. The Morgan fingerprint density at radius 2 is 1.92 bits per heavy atom. The van der Waals surface area contributed by atoms with Crippen LogP contribution in [0.15, 0.2) is 18.2 Å². The number of aliphatic hydroxyl groups excluding tert-OH is 1. The topological polar surface area (TPSA) is 59.0 Å². The molecule has 1 fully saturated rings. The molecule has 6 heteroatoms. The Morgan fingerprint density at radius 1 is 1.29 bits per heavy atom. The Bertz CT molecular complexity index is 554. The van der Waals surface area contributed by atoms with Crippen molar-refractivity contribution in [3.63, 3.8) is 0 Å². The number of methoxy groups -OCH3 is 2. The maximum Gasteiger partial charge on any atom is 0.233 e. The average Bonchev–Trinajstić information content (AvgIpc) is 2.94. The standard InChI is InChI=1S/C18H27NO4S/c1-18(2,12-20)9-6-10-19-15(21)11-24-17(19)16-13(22-3)7-5-8-14(16)23-4/h5,7-8,17,20H,6,9-12H2,1-4H3. The molecule has 0 bridgehead atoms. The van der Waals surface area contributed by atoms with E-state index < -0.39 is 0 Å². The van der Waals surface area contributed by atoms with Crippen LogP contribution in [0.2, 0.25) is 0 Å². The third-order valence-corrected chi connectivity index (χ3v) is 5.58. The van der Waals surface area contributed by atoms with Crippen molar-refractivity contribution in [1.82, 2.24) is 4.90 Å². The number of amides is 1. The van der Waals surface area contributed by atoms with Crippen LogP contribution < -0.4 is 9.47 Å². The number of benzene rings is 1. The summed E-state index contributed by atoms with van der Waals surface area (Å²) in [5, 5.41) is 9.29. The molecule has 24 heavy (non-hydrogen) atoms. The maximum absolute atomic E-state index is 12.4. The Kier molecular flexibility index (Phi) is 6.40. The van der Waals surface area contributed by atoms with Crippen molar-refractivity contribution in [2.45, 2.75) is 32.1 Å². The highest BCUT2D eigenvalue weighted by Crippen LogP contribution is 2.46. The van der Waals surface area contributed by atoms with Gasteiger partial charge in [0.1, 0.15) is 16.9 Å². The molecule has 2 rings (SSSR count). The van der Waals surface area contributed by atoms with Gasteiger partial charge in [-0.3, -0.25) is 4.79 Å².